The van der Waals surface area contributed by atoms with Crippen molar-refractivity contribution in [3.63, 3.8) is 0 Å². The second-order valence-electron chi connectivity index (χ2n) is 5.05. The van der Waals surface area contributed by atoms with E-state index in [9.17, 15) is 19.5 Å². The number of nitrogens with one attached hydrogen (secondary N) is 1. The first-order chi connectivity index (χ1) is 12.2. The Labute approximate surface area is 153 Å². The fourth-order valence-electron chi connectivity index (χ4n) is 1.79. The molecule has 26 heavy (non-hydrogen) atoms. The number of nitro benzene ring substituents is 1. The monoisotopic (exact) mass is 400 g/mol. The first-order valence-corrected chi connectivity index (χ1v) is 9.11. The predicted octanol–water partition coefficient (Wildman–Crippen LogP) is 3.88. The summed E-state index contributed by atoms with van der Waals surface area (Å²) in [7, 11) is -4.22. The first kappa shape index (κ1) is 19.7. The second-order valence-corrected chi connectivity index (χ2v) is 7.08. The molecule has 0 fully saturated rings. The van der Waals surface area contributed by atoms with Gasteiger partial charge in [-0.05, 0) is 25.1 Å². The number of benzene rings is 2. The van der Waals surface area contributed by atoms with Crippen LogP contribution in [0.3, 0.4) is 0 Å². The van der Waals surface area contributed by atoms with Crippen LogP contribution < -0.4 is 14.1 Å². The Kier molecular flexibility index (Phi) is 6.20. The van der Waals surface area contributed by atoms with E-state index in [0.717, 1.165) is 18.2 Å². The molecule has 0 amide bonds. The van der Waals surface area contributed by atoms with Crippen molar-refractivity contribution in [2.45, 2.75) is 13.0 Å². The van der Waals surface area contributed by atoms with Gasteiger partial charge in [0.1, 0.15) is 11.8 Å². The minimum atomic E-state index is -4.22. The van der Waals surface area contributed by atoms with Gasteiger partial charge in [-0.15, -0.1) is 0 Å². The van der Waals surface area contributed by atoms with Gasteiger partial charge in [-0.3, -0.25) is 14.9 Å². The van der Waals surface area contributed by atoms with Crippen LogP contribution >= 0.6 is 19.3 Å². The fraction of sp³-hybridized carbons (Fsp3) is 0.133. The van der Waals surface area contributed by atoms with Crippen molar-refractivity contribution in [2.75, 3.05) is 0 Å². The topological polar surface area (TPSA) is 128 Å². The number of nitro groups is 1. The van der Waals surface area contributed by atoms with Crippen molar-refractivity contribution in [3.05, 3.63) is 63.7 Å². The van der Waals surface area contributed by atoms with E-state index < -0.39 is 24.7 Å². The molecule has 2 aromatic carbocycles. The Hall–Kier alpha value is -2.61. The molecule has 0 bridgehead atoms. The van der Waals surface area contributed by atoms with Gasteiger partial charge in [-0.25, -0.2) is 4.57 Å². The zero-order valence-corrected chi connectivity index (χ0v) is 15.0. The summed E-state index contributed by atoms with van der Waals surface area (Å²) in [4.78, 5) is 21.2. The van der Waals surface area contributed by atoms with Gasteiger partial charge in [-0.1, -0.05) is 29.8 Å². The Balaban J connectivity index is 2.33. The smallest absolute Gasteiger partial charge is 0.480 e. The SMILES string of the molecule is C[C@H](NP(=O)(Oc1ccccc1)Oc1ccc([N+](=O)[O-])cc1Cl)C(=O)O. The van der Waals surface area contributed by atoms with Gasteiger partial charge >= 0.3 is 13.7 Å². The first-order valence-electron chi connectivity index (χ1n) is 7.19. The number of halogens is 1. The lowest BCUT2D eigenvalue weighted by Crippen LogP contribution is -2.34. The summed E-state index contributed by atoms with van der Waals surface area (Å²) in [6, 6.07) is 9.97. The van der Waals surface area contributed by atoms with Crippen LogP contribution in [0.2, 0.25) is 5.02 Å². The van der Waals surface area contributed by atoms with Crippen LogP contribution in [0.1, 0.15) is 6.92 Å². The molecule has 9 nitrogen and oxygen atoms in total. The van der Waals surface area contributed by atoms with Crippen LogP contribution in [0.15, 0.2) is 48.5 Å². The van der Waals surface area contributed by atoms with Crippen LogP contribution in [-0.2, 0) is 9.36 Å². The minimum Gasteiger partial charge on any atom is -0.480 e. The maximum atomic E-state index is 13.0. The molecule has 1 unspecified atom stereocenters. The molecule has 2 atom stereocenters. The van der Waals surface area contributed by atoms with Crippen molar-refractivity contribution in [1.29, 1.82) is 0 Å². The minimum absolute atomic E-state index is 0.165. The normalized spacial score (nSPS) is 14.1. The molecule has 138 valence electrons. The molecule has 0 aromatic heterocycles. The molecule has 0 aliphatic heterocycles. The number of non-ortho nitro benzene ring substituents is 1. The molecule has 2 rings (SSSR count). The zero-order valence-electron chi connectivity index (χ0n) is 13.4. The molecular formula is C15H14ClN2O7P. The van der Waals surface area contributed by atoms with Gasteiger partial charge in [0, 0.05) is 12.1 Å². The average molecular weight is 401 g/mol. The van der Waals surface area contributed by atoms with E-state index in [1.807, 2.05) is 0 Å². The van der Waals surface area contributed by atoms with E-state index in [4.69, 9.17) is 25.8 Å². The summed E-state index contributed by atoms with van der Waals surface area (Å²) in [5.74, 6) is -1.28. The van der Waals surface area contributed by atoms with E-state index in [-0.39, 0.29) is 22.2 Å². The summed E-state index contributed by atoms with van der Waals surface area (Å²) in [6.07, 6.45) is 0. The number of carbonyl (C=O) groups is 1. The standard InChI is InChI=1S/C15H14ClN2O7P/c1-10(15(19)20)17-26(23,24-12-5-3-2-4-6-12)25-14-8-7-11(18(21)22)9-13(14)16/h2-10H,1H3,(H,17,23)(H,19,20)/t10-,26?/m0/s1. The Morgan fingerprint density at radius 3 is 2.46 bits per heavy atom. The third-order valence-corrected chi connectivity index (χ3v) is 4.92. The molecule has 2 N–H and O–H groups in total. The highest BCUT2D eigenvalue weighted by Crippen LogP contribution is 2.47. The fourth-order valence-corrected chi connectivity index (χ4v) is 3.60. The predicted molar refractivity (Wildman–Crippen MR) is 93.6 cm³/mol. The number of hydrogen-bond acceptors (Lipinski definition) is 6. The molecule has 0 aliphatic rings. The van der Waals surface area contributed by atoms with Crippen molar-refractivity contribution < 1.29 is 28.4 Å². The number of nitrogens with zero attached hydrogens (tertiary/aromatic N) is 1. The van der Waals surface area contributed by atoms with Gasteiger partial charge in [0.05, 0.1) is 9.95 Å². The van der Waals surface area contributed by atoms with E-state index in [2.05, 4.69) is 5.09 Å². The van der Waals surface area contributed by atoms with Crippen LogP contribution in [0.5, 0.6) is 11.5 Å². The highest BCUT2D eigenvalue weighted by Gasteiger charge is 2.34. The lowest BCUT2D eigenvalue weighted by atomic mass is 10.3. The van der Waals surface area contributed by atoms with Gasteiger partial charge in [-0.2, -0.15) is 5.09 Å². The van der Waals surface area contributed by atoms with Crippen LogP contribution in [0.25, 0.3) is 0 Å². The molecule has 0 spiro atoms. The summed E-state index contributed by atoms with van der Waals surface area (Å²) in [6.45, 7) is 1.25. The van der Waals surface area contributed by atoms with Gasteiger partial charge in [0.2, 0.25) is 0 Å². The Bertz CT molecular complexity index is 862. The molecule has 2 aromatic rings. The Morgan fingerprint density at radius 2 is 1.92 bits per heavy atom. The summed E-state index contributed by atoms with van der Waals surface area (Å²) in [5.41, 5.74) is -0.284. The summed E-state index contributed by atoms with van der Waals surface area (Å²) in [5, 5.41) is 21.9. The number of aliphatic carboxylic acids is 1. The largest absolute Gasteiger partial charge is 0.513 e. The maximum Gasteiger partial charge on any atom is 0.513 e. The lowest BCUT2D eigenvalue weighted by Gasteiger charge is -2.22. The van der Waals surface area contributed by atoms with E-state index in [1.54, 1.807) is 18.2 Å². The van der Waals surface area contributed by atoms with Crippen molar-refractivity contribution in [2.24, 2.45) is 0 Å². The highest BCUT2D eigenvalue weighted by molar-refractivity contribution is 7.52. The van der Waals surface area contributed by atoms with Crippen LogP contribution in [-0.4, -0.2) is 22.0 Å². The van der Waals surface area contributed by atoms with Gasteiger partial charge in [0.25, 0.3) is 5.69 Å². The van der Waals surface area contributed by atoms with Crippen molar-refractivity contribution in [1.82, 2.24) is 5.09 Å². The van der Waals surface area contributed by atoms with Crippen molar-refractivity contribution in [3.8, 4) is 11.5 Å². The highest BCUT2D eigenvalue weighted by atomic mass is 35.5. The molecule has 0 heterocycles. The number of para-hydroxylation sites is 1. The number of carboxylic acids is 1. The van der Waals surface area contributed by atoms with E-state index in [1.165, 1.54) is 19.1 Å². The second kappa shape index (κ2) is 8.18. The third-order valence-electron chi connectivity index (χ3n) is 3.04. The summed E-state index contributed by atoms with van der Waals surface area (Å²) < 4.78 is 23.6. The Morgan fingerprint density at radius 1 is 1.27 bits per heavy atom. The zero-order chi connectivity index (χ0) is 19.3. The maximum absolute atomic E-state index is 13.0. The molecular weight excluding hydrogens is 387 g/mol. The average Bonchev–Trinajstić information content (AvgIpc) is 2.57. The number of rotatable bonds is 8. The van der Waals surface area contributed by atoms with E-state index >= 15 is 0 Å². The van der Waals surface area contributed by atoms with Gasteiger partial charge < -0.3 is 14.2 Å². The summed E-state index contributed by atoms with van der Waals surface area (Å²) >= 11 is 5.93. The third kappa shape index (κ3) is 5.19. The van der Waals surface area contributed by atoms with Crippen molar-refractivity contribution >= 4 is 31.0 Å². The molecule has 0 radical (unpaired) electrons. The van der Waals surface area contributed by atoms with E-state index in [0.29, 0.717) is 0 Å². The molecule has 0 aliphatic carbocycles. The van der Waals surface area contributed by atoms with Gasteiger partial charge in [0.15, 0.2) is 5.75 Å². The van der Waals surface area contributed by atoms with Crippen LogP contribution in [0, 0.1) is 10.1 Å². The lowest BCUT2D eigenvalue weighted by molar-refractivity contribution is -0.384. The number of hydrogen-bond donors (Lipinski definition) is 2. The molecule has 11 heteroatoms. The number of carboxylic acid groups (broad SMARTS) is 1. The van der Waals surface area contributed by atoms with Crippen LogP contribution in [0.4, 0.5) is 5.69 Å². The molecule has 0 saturated heterocycles. The quantitative estimate of drug-likeness (QED) is 0.388. The molecule has 0 saturated carbocycles.